The van der Waals surface area contributed by atoms with E-state index in [-0.39, 0.29) is 5.82 Å². The molecule has 3 fully saturated rings. The van der Waals surface area contributed by atoms with E-state index in [1.54, 1.807) is 0 Å². The Morgan fingerprint density at radius 2 is 2.04 bits per heavy atom. The maximum atomic E-state index is 12.9. The molecule has 3 aliphatic rings. The summed E-state index contributed by atoms with van der Waals surface area (Å²) < 4.78 is 18.4. The molecule has 0 saturated heterocycles. The standard InChI is InChI=1S/C19H25FO3/c1-19(2)13-5-3-12(16(19)11-13)4-10-17(18(21)22)23-15-8-6-14(20)7-9-15/h6-9,12-13,16-17H,3-5,10-11H2,1-2H3,(H,21,22)/p-1. The molecule has 0 radical (unpaired) electrons. The summed E-state index contributed by atoms with van der Waals surface area (Å²) in [5, 5.41) is 11.4. The maximum absolute atomic E-state index is 12.9. The van der Waals surface area contributed by atoms with Gasteiger partial charge in [-0.05, 0) is 79.5 Å². The van der Waals surface area contributed by atoms with Gasteiger partial charge >= 0.3 is 0 Å². The topological polar surface area (TPSA) is 49.4 Å². The molecule has 4 heteroatoms. The highest BCUT2D eigenvalue weighted by Gasteiger charge is 2.53. The van der Waals surface area contributed by atoms with Gasteiger partial charge in [0, 0.05) is 0 Å². The molecule has 126 valence electrons. The number of carbonyl (C=O) groups is 1. The van der Waals surface area contributed by atoms with Gasteiger partial charge in [0.2, 0.25) is 0 Å². The van der Waals surface area contributed by atoms with Gasteiger partial charge in [0.15, 0.2) is 0 Å². The molecule has 0 spiro atoms. The Morgan fingerprint density at radius 3 is 2.61 bits per heavy atom. The number of carbonyl (C=O) groups excluding carboxylic acids is 1. The lowest BCUT2D eigenvalue weighted by Crippen LogP contribution is -2.52. The van der Waals surface area contributed by atoms with Crippen LogP contribution in [-0.2, 0) is 4.79 Å². The monoisotopic (exact) mass is 319 g/mol. The maximum Gasteiger partial charge on any atom is 0.138 e. The van der Waals surface area contributed by atoms with Gasteiger partial charge in [0.05, 0.1) is 5.97 Å². The van der Waals surface area contributed by atoms with Crippen LogP contribution >= 0.6 is 0 Å². The third kappa shape index (κ3) is 3.22. The van der Waals surface area contributed by atoms with E-state index >= 15 is 0 Å². The normalized spacial score (nSPS) is 29.4. The molecule has 4 unspecified atom stereocenters. The fourth-order valence-electron chi connectivity index (χ4n) is 4.58. The van der Waals surface area contributed by atoms with Crippen molar-refractivity contribution in [3.8, 4) is 5.75 Å². The zero-order valence-electron chi connectivity index (χ0n) is 13.8. The predicted octanol–water partition coefficient (Wildman–Crippen LogP) is 3.18. The molecule has 2 bridgehead atoms. The summed E-state index contributed by atoms with van der Waals surface area (Å²) in [4.78, 5) is 11.4. The fraction of sp³-hybridized carbons (Fsp3) is 0.632. The molecule has 1 aromatic carbocycles. The summed E-state index contributed by atoms with van der Waals surface area (Å²) in [5.74, 6) is 0.926. The third-order valence-electron chi connectivity index (χ3n) is 6.16. The van der Waals surface area contributed by atoms with Crippen LogP contribution in [-0.4, -0.2) is 12.1 Å². The largest absolute Gasteiger partial charge is 0.546 e. The summed E-state index contributed by atoms with van der Waals surface area (Å²) in [6, 6.07) is 5.43. The third-order valence-corrected chi connectivity index (χ3v) is 6.16. The lowest BCUT2D eigenvalue weighted by atomic mass is 9.45. The summed E-state index contributed by atoms with van der Waals surface area (Å²) in [5.41, 5.74) is 0.400. The van der Waals surface area contributed by atoms with Gasteiger partial charge in [-0.15, -0.1) is 0 Å². The average molecular weight is 319 g/mol. The van der Waals surface area contributed by atoms with Crippen molar-refractivity contribution in [3.05, 3.63) is 30.1 Å². The van der Waals surface area contributed by atoms with E-state index in [2.05, 4.69) is 13.8 Å². The van der Waals surface area contributed by atoms with Crippen LogP contribution in [0, 0.1) is 29.0 Å². The number of rotatable bonds is 6. The first kappa shape index (κ1) is 16.3. The second kappa shape index (κ2) is 6.14. The van der Waals surface area contributed by atoms with E-state index in [0.29, 0.717) is 29.4 Å². The average Bonchev–Trinajstić information content (AvgIpc) is 2.52. The SMILES string of the molecule is CC1(C)C2CCC(CCC(Oc3ccc(F)cc3)C(=O)[O-])C1C2. The molecule has 4 atom stereocenters. The molecule has 0 heterocycles. The van der Waals surface area contributed by atoms with Crippen molar-refractivity contribution in [2.75, 3.05) is 0 Å². The molecule has 0 aromatic heterocycles. The smallest absolute Gasteiger partial charge is 0.138 e. The van der Waals surface area contributed by atoms with Gasteiger partial charge in [-0.3, -0.25) is 0 Å². The first-order valence-electron chi connectivity index (χ1n) is 8.51. The number of aliphatic carboxylic acids is 1. The van der Waals surface area contributed by atoms with Gasteiger partial charge < -0.3 is 14.6 Å². The Bertz CT molecular complexity index is 564. The first-order valence-corrected chi connectivity index (χ1v) is 8.51. The Morgan fingerprint density at radius 1 is 1.35 bits per heavy atom. The van der Waals surface area contributed by atoms with Gasteiger partial charge in [-0.2, -0.15) is 0 Å². The predicted molar refractivity (Wildman–Crippen MR) is 83.2 cm³/mol. The molecule has 3 aliphatic carbocycles. The summed E-state index contributed by atoms with van der Waals surface area (Å²) in [6.07, 6.45) is 4.05. The fourth-order valence-corrected chi connectivity index (χ4v) is 4.58. The van der Waals surface area contributed by atoms with Crippen molar-refractivity contribution in [2.45, 2.75) is 52.1 Å². The highest BCUT2D eigenvalue weighted by molar-refractivity contribution is 5.70. The Labute approximate surface area is 136 Å². The molecule has 0 N–H and O–H groups in total. The highest BCUT2D eigenvalue weighted by atomic mass is 19.1. The minimum absolute atomic E-state index is 0.369. The Hall–Kier alpha value is -1.58. The minimum Gasteiger partial charge on any atom is -0.546 e. The number of benzene rings is 1. The zero-order valence-corrected chi connectivity index (χ0v) is 13.8. The highest BCUT2D eigenvalue weighted by Crippen LogP contribution is 2.62. The van der Waals surface area contributed by atoms with Crippen LogP contribution in [0.3, 0.4) is 0 Å². The van der Waals surface area contributed by atoms with Crippen LogP contribution in [0.4, 0.5) is 4.39 Å². The number of carboxylic acid groups (broad SMARTS) is 1. The van der Waals surface area contributed by atoms with Crippen molar-refractivity contribution in [3.63, 3.8) is 0 Å². The number of halogens is 1. The lowest BCUT2D eigenvalue weighted by Gasteiger charge is -2.60. The summed E-state index contributed by atoms with van der Waals surface area (Å²) in [6.45, 7) is 4.67. The molecule has 23 heavy (non-hydrogen) atoms. The quantitative estimate of drug-likeness (QED) is 0.809. The van der Waals surface area contributed by atoms with E-state index in [9.17, 15) is 14.3 Å². The van der Waals surface area contributed by atoms with Gasteiger partial charge in [-0.1, -0.05) is 13.8 Å². The molecule has 0 amide bonds. The lowest BCUT2D eigenvalue weighted by molar-refractivity contribution is -0.314. The van der Waals surface area contributed by atoms with Crippen molar-refractivity contribution >= 4 is 5.97 Å². The van der Waals surface area contributed by atoms with E-state index in [0.717, 1.165) is 12.3 Å². The molecular weight excluding hydrogens is 295 g/mol. The minimum atomic E-state index is -1.20. The molecule has 1 aromatic rings. The Balaban J connectivity index is 1.57. The zero-order chi connectivity index (χ0) is 16.6. The van der Waals surface area contributed by atoms with Crippen LogP contribution in [0.2, 0.25) is 0 Å². The molecule has 3 nitrogen and oxygen atoms in total. The summed E-state index contributed by atoms with van der Waals surface area (Å²) in [7, 11) is 0. The summed E-state index contributed by atoms with van der Waals surface area (Å²) >= 11 is 0. The molecule has 4 rings (SSSR count). The van der Waals surface area contributed by atoms with Crippen molar-refractivity contribution in [1.29, 1.82) is 0 Å². The van der Waals surface area contributed by atoms with Crippen molar-refractivity contribution in [2.24, 2.45) is 23.2 Å². The Kier molecular flexibility index (Phi) is 4.35. The molecule has 0 aliphatic heterocycles. The second-order valence-electron chi connectivity index (χ2n) is 7.65. The number of ether oxygens (including phenoxy) is 1. The van der Waals surface area contributed by atoms with Crippen LogP contribution in [0.25, 0.3) is 0 Å². The van der Waals surface area contributed by atoms with Gasteiger partial charge in [-0.25, -0.2) is 4.39 Å². The molecule has 3 saturated carbocycles. The van der Waals surface area contributed by atoms with E-state index in [1.165, 1.54) is 43.5 Å². The van der Waals surface area contributed by atoms with E-state index < -0.39 is 12.1 Å². The van der Waals surface area contributed by atoms with Gasteiger partial charge in [0.25, 0.3) is 0 Å². The van der Waals surface area contributed by atoms with E-state index in [4.69, 9.17) is 4.74 Å². The van der Waals surface area contributed by atoms with Crippen LogP contribution in [0.5, 0.6) is 5.75 Å². The van der Waals surface area contributed by atoms with Crippen LogP contribution < -0.4 is 9.84 Å². The number of hydrogen-bond donors (Lipinski definition) is 0. The van der Waals surface area contributed by atoms with Crippen LogP contribution in [0.1, 0.15) is 46.0 Å². The number of fused-ring (bicyclic) bond motifs is 2. The number of carboxylic acids is 1. The second-order valence-corrected chi connectivity index (χ2v) is 7.65. The van der Waals surface area contributed by atoms with E-state index in [1.807, 2.05) is 0 Å². The molecular formula is C19H24FO3-. The van der Waals surface area contributed by atoms with Crippen molar-refractivity contribution < 1.29 is 19.0 Å². The first-order chi connectivity index (χ1) is 10.9. The van der Waals surface area contributed by atoms with Gasteiger partial charge in [0.1, 0.15) is 17.7 Å². The van der Waals surface area contributed by atoms with Crippen molar-refractivity contribution in [1.82, 2.24) is 0 Å². The number of hydrogen-bond acceptors (Lipinski definition) is 3. The van der Waals surface area contributed by atoms with Crippen LogP contribution in [0.15, 0.2) is 24.3 Å².